The van der Waals surface area contributed by atoms with Gasteiger partial charge in [-0.1, -0.05) is 6.08 Å². The van der Waals surface area contributed by atoms with E-state index in [0.29, 0.717) is 24.0 Å². The molecular formula is C13H12F2N4. The Bertz CT molecular complexity index is 587. The van der Waals surface area contributed by atoms with Crippen molar-refractivity contribution in [2.24, 2.45) is 0 Å². The molecule has 0 aliphatic rings. The molecule has 0 saturated carbocycles. The second kappa shape index (κ2) is 5.90. The maximum atomic E-state index is 13.0. The van der Waals surface area contributed by atoms with E-state index in [0.717, 1.165) is 12.1 Å². The van der Waals surface area contributed by atoms with Crippen LogP contribution in [0.1, 0.15) is 0 Å². The quantitative estimate of drug-likeness (QED) is 0.813. The van der Waals surface area contributed by atoms with E-state index in [9.17, 15) is 8.78 Å². The highest BCUT2D eigenvalue weighted by atomic mass is 19.2. The lowest BCUT2D eigenvalue weighted by atomic mass is 10.3. The topological polar surface area (TPSA) is 49.8 Å². The van der Waals surface area contributed by atoms with E-state index in [1.54, 1.807) is 18.3 Å². The molecule has 2 N–H and O–H groups in total. The summed E-state index contributed by atoms with van der Waals surface area (Å²) in [6, 6.07) is 5.19. The minimum Gasteiger partial charge on any atom is -0.366 e. The fraction of sp³-hybridized carbons (Fsp3) is 0.0769. The summed E-state index contributed by atoms with van der Waals surface area (Å²) in [7, 11) is 0. The van der Waals surface area contributed by atoms with E-state index < -0.39 is 11.6 Å². The molecule has 0 aliphatic heterocycles. The predicted molar refractivity (Wildman–Crippen MR) is 70.4 cm³/mol. The molecule has 1 aromatic carbocycles. The Morgan fingerprint density at radius 2 is 2.05 bits per heavy atom. The highest BCUT2D eigenvalue weighted by Crippen LogP contribution is 2.17. The minimum atomic E-state index is -0.925. The number of hydrogen-bond donors (Lipinski definition) is 2. The number of nitrogens with one attached hydrogen (secondary N) is 2. The van der Waals surface area contributed by atoms with Crippen molar-refractivity contribution in [2.45, 2.75) is 0 Å². The third-order valence-electron chi connectivity index (χ3n) is 2.26. The van der Waals surface area contributed by atoms with Crippen molar-refractivity contribution < 1.29 is 8.78 Å². The second-order valence-corrected chi connectivity index (χ2v) is 3.69. The van der Waals surface area contributed by atoms with Gasteiger partial charge in [-0.25, -0.2) is 13.8 Å². The van der Waals surface area contributed by atoms with Crippen LogP contribution in [-0.4, -0.2) is 16.5 Å². The molecule has 4 nitrogen and oxygen atoms in total. The van der Waals surface area contributed by atoms with Crippen LogP contribution in [-0.2, 0) is 0 Å². The maximum Gasteiger partial charge on any atom is 0.229 e. The number of benzene rings is 1. The molecule has 0 amide bonds. The van der Waals surface area contributed by atoms with Crippen LogP contribution in [0.2, 0.25) is 0 Å². The molecule has 0 aliphatic carbocycles. The fourth-order valence-corrected chi connectivity index (χ4v) is 1.40. The summed E-state index contributed by atoms with van der Waals surface area (Å²) in [5.74, 6) is -0.918. The Morgan fingerprint density at radius 1 is 1.21 bits per heavy atom. The number of hydrogen-bond acceptors (Lipinski definition) is 4. The molecule has 2 rings (SSSR count). The lowest BCUT2D eigenvalue weighted by Gasteiger charge is -2.07. The van der Waals surface area contributed by atoms with Crippen LogP contribution in [0.5, 0.6) is 0 Å². The van der Waals surface area contributed by atoms with Gasteiger partial charge in [0.2, 0.25) is 5.95 Å². The molecule has 98 valence electrons. The number of aromatic nitrogens is 2. The summed E-state index contributed by atoms with van der Waals surface area (Å²) >= 11 is 0. The van der Waals surface area contributed by atoms with Crippen molar-refractivity contribution in [3.63, 3.8) is 0 Å². The van der Waals surface area contributed by atoms with E-state index in [4.69, 9.17) is 0 Å². The van der Waals surface area contributed by atoms with Gasteiger partial charge in [0.25, 0.3) is 0 Å². The predicted octanol–water partition coefficient (Wildman–Crippen LogP) is 3.10. The third-order valence-corrected chi connectivity index (χ3v) is 2.26. The number of anilines is 3. The first kappa shape index (κ1) is 12.9. The molecule has 0 fully saturated rings. The first-order valence-corrected chi connectivity index (χ1v) is 5.59. The van der Waals surface area contributed by atoms with Crippen molar-refractivity contribution in [1.82, 2.24) is 9.97 Å². The van der Waals surface area contributed by atoms with Gasteiger partial charge in [0, 0.05) is 24.5 Å². The van der Waals surface area contributed by atoms with Crippen molar-refractivity contribution in [1.29, 1.82) is 0 Å². The van der Waals surface area contributed by atoms with Gasteiger partial charge in [-0.05, 0) is 18.2 Å². The van der Waals surface area contributed by atoms with E-state index in [-0.39, 0.29) is 0 Å². The molecule has 0 bridgehead atoms. The Kier molecular flexibility index (Phi) is 4.02. The van der Waals surface area contributed by atoms with E-state index >= 15 is 0 Å². The smallest absolute Gasteiger partial charge is 0.229 e. The molecule has 0 saturated heterocycles. The summed E-state index contributed by atoms with van der Waals surface area (Å²) in [5, 5.41) is 5.79. The van der Waals surface area contributed by atoms with Crippen molar-refractivity contribution >= 4 is 17.5 Å². The molecule has 2 aromatic rings. The molecule has 1 aromatic heterocycles. The fourth-order valence-electron chi connectivity index (χ4n) is 1.40. The minimum absolute atomic E-state index is 0.292. The van der Waals surface area contributed by atoms with Crippen molar-refractivity contribution in [2.75, 3.05) is 17.2 Å². The van der Waals surface area contributed by atoms with E-state index in [1.807, 2.05) is 0 Å². The standard InChI is InChI=1S/C13H12F2N4/c1-2-6-16-12-5-7-17-13(19-12)18-9-3-4-10(14)11(15)8-9/h2-5,7-8H,1,6H2,(H2,16,17,18,19). The summed E-state index contributed by atoms with van der Waals surface area (Å²) in [5.41, 5.74) is 0.375. The zero-order valence-corrected chi connectivity index (χ0v) is 10.0. The van der Waals surface area contributed by atoms with Gasteiger partial charge in [-0.15, -0.1) is 6.58 Å². The summed E-state index contributed by atoms with van der Waals surface area (Å²) in [6.45, 7) is 4.16. The molecule has 0 radical (unpaired) electrons. The Balaban J connectivity index is 2.13. The number of nitrogens with zero attached hydrogens (tertiary/aromatic N) is 2. The number of halogens is 2. The molecule has 19 heavy (non-hydrogen) atoms. The van der Waals surface area contributed by atoms with Crippen molar-refractivity contribution in [3.8, 4) is 0 Å². The van der Waals surface area contributed by atoms with E-state index in [2.05, 4.69) is 27.2 Å². The average molecular weight is 262 g/mol. The van der Waals surface area contributed by atoms with Crippen LogP contribution in [0.4, 0.5) is 26.2 Å². The van der Waals surface area contributed by atoms with E-state index in [1.165, 1.54) is 6.07 Å². The van der Waals surface area contributed by atoms with Crippen LogP contribution in [0.3, 0.4) is 0 Å². The molecule has 0 unspecified atom stereocenters. The maximum absolute atomic E-state index is 13.0. The zero-order chi connectivity index (χ0) is 13.7. The highest BCUT2D eigenvalue weighted by molar-refractivity contribution is 5.54. The van der Waals surface area contributed by atoms with Gasteiger partial charge in [-0.3, -0.25) is 0 Å². The molecular weight excluding hydrogens is 250 g/mol. The van der Waals surface area contributed by atoms with Crippen LogP contribution >= 0.6 is 0 Å². The van der Waals surface area contributed by atoms with Gasteiger partial charge >= 0.3 is 0 Å². The lowest BCUT2D eigenvalue weighted by molar-refractivity contribution is 0.509. The SMILES string of the molecule is C=CCNc1ccnc(Nc2ccc(F)c(F)c2)n1. The molecule has 0 atom stereocenters. The van der Waals surface area contributed by atoms with Crippen LogP contribution in [0.15, 0.2) is 43.1 Å². The molecule has 1 heterocycles. The monoisotopic (exact) mass is 262 g/mol. The summed E-state index contributed by atoms with van der Waals surface area (Å²) in [4.78, 5) is 8.15. The van der Waals surface area contributed by atoms with Crippen LogP contribution in [0, 0.1) is 11.6 Å². The van der Waals surface area contributed by atoms with Gasteiger partial charge < -0.3 is 10.6 Å². The van der Waals surface area contributed by atoms with Gasteiger partial charge in [0.1, 0.15) is 5.82 Å². The molecule has 6 heteroatoms. The van der Waals surface area contributed by atoms with Gasteiger partial charge in [0.05, 0.1) is 0 Å². The number of rotatable bonds is 5. The zero-order valence-electron chi connectivity index (χ0n) is 10.0. The van der Waals surface area contributed by atoms with Crippen LogP contribution < -0.4 is 10.6 Å². The second-order valence-electron chi connectivity index (χ2n) is 3.69. The lowest BCUT2D eigenvalue weighted by Crippen LogP contribution is -2.03. The normalized spacial score (nSPS) is 10.0. The molecule has 0 spiro atoms. The summed E-state index contributed by atoms with van der Waals surface area (Å²) < 4.78 is 25.8. The van der Waals surface area contributed by atoms with Crippen LogP contribution in [0.25, 0.3) is 0 Å². The third kappa shape index (κ3) is 3.48. The summed E-state index contributed by atoms with van der Waals surface area (Å²) in [6.07, 6.45) is 3.26. The Morgan fingerprint density at radius 3 is 2.79 bits per heavy atom. The Labute approximate surface area is 109 Å². The first-order chi connectivity index (χ1) is 9.19. The highest BCUT2D eigenvalue weighted by Gasteiger charge is 2.04. The largest absolute Gasteiger partial charge is 0.366 e. The first-order valence-electron chi connectivity index (χ1n) is 5.59. The van der Waals surface area contributed by atoms with Gasteiger partial charge in [0.15, 0.2) is 11.6 Å². The average Bonchev–Trinajstić information content (AvgIpc) is 2.41. The Hall–Kier alpha value is -2.50. The van der Waals surface area contributed by atoms with Gasteiger partial charge in [-0.2, -0.15) is 4.98 Å². The van der Waals surface area contributed by atoms with Crippen molar-refractivity contribution in [3.05, 3.63) is 54.8 Å².